The Hall–Kier alpha value is -5.27. The highest BCUT2D eigenvalue weighted by Crippen LogP contribution is 2.33. The third-order valence-electron chi connectivity index (χ3n) is 6.86. The quantitative estimate of drug-likeness (QED) is 0.269. The summed E-state index contributed by atoms with van der Waals surface area (Å²) in [4.78, 5) is 36.4. The summed E-state index contributed by atoms with van der Waals surface area (Å²) in [6.07, 6.45) is 5.05. The van der Waals surface area contributed by atoms with E-state index in [9.17, 15) is 9.59 Å². The van der Waals surface area contributed by atoms with Gasteiger partial charge < -0.3 is 11.1 Å². The van der Waals surface area contributed by atoms with Crippen molar-refractivity contribution in [2.75, 3.05) is 5.73 Å². The predicted octanol–water partition coefficient (Wildman–Crippen LogP) is 4.97. The van der Waals surface area contributed by atoms with Gasteiger partial charge in [0, 0.05) is 51.0 Å². The number of halogens is 1. The molecule has 0 fully saturated rings. The van der Waals surface area contributed by atoms with Crippen LogP contribution in [0.5, 0.6) is 0 Å². The number of rotatable bonds is 4. The minimum atomic E-state index is -0.630. The van der Waals surface area contributed by atoms with Crippen LogP contribution in [-0.2, 0) is 0 Å². The maximum Gasteiger partial charge on any atom is 0.264 e. The molecular weight excluding hydrogens is 594 g/mol. The van der Waals surface area contributed by atoms with Crippen molar-refractivity contribution < 1.29 is 4.79 Å². The SMILES string of the molecule is Cc1ccn2nc(N)c(C(=O)NC(C)c3c(Br)c4cccc(C#Cc5ccncc5)c4c(=O)n3-c3ccccc3)c2n1. The number of aryl methyl sites for hydroxylation is 1. The molecule has 0 aliphatic carbocycles. The van der Waals surface area contributed by atoms with Crippen molar-refractivity contribution >= 4 is 44.1 Å². The lowest BCUT2D eigenvalue weighted by Crippen LogP contribution is -2.33. The first-order valence-electron chi connectivity index (χ1n) is 13.1. The first kappa shape index (κ1) is 26.9. The number of aromatic nitrogens is 5. The molecule has 0 bridgehead atoms. The van der Waals surface area contributed by atoms with E-state index in [2.05, 4.69) is 48.2 Å². The number of hydrogen-bond acceptors (Lipinski definition) is 6. The predicted molar refractivity (Wildman–Crippen MR) is 165 cm³/mol. The number of pyridine rings is 2. The zero-order valence-electron chi connectivity index (χ0n) is 22.7. The highest BCUT2D eigenvalue weighted by molar-refractivity contribution is 9.10. The van der Waals surface area contributed by atoms with Crippen molar-refractivity contribution in [2.45, 2.75) is 19.9 Å². The summed E-state index contributed by atoms with van der Waals surface area (Å²) >= 11 is 3.78. The number of hydrogen-bond donors (Lipinski definition) is 2. The number of para-hydroxylation sites is 1. The zero-order chi connectivity index (χ0) is 29.4. The highest BCUT2D eigenvalue weighted by Gasteiger charge is 2.26. The summed E-state index contributed by atoms with van der Waals surface area (Å²) in [5.41, 5.74) is 9.71. The maximum absolute atomic E-state index is 14.3. The van der Waals surface area contributed by atoms with E-state index in [0.717, 1.165) is 11.3 Å². The first-order chi connectivity index (χ1) is 20.3. The summed E-state index contributed by atoms with van der Waals surface area (Å²) < 4.78 is 3.74. The van der Waals surface area contributed by atoms with E-state index in [1.807, 2.05) is 74.5 Å². The summed E-state index contributed by atoms with van der Waals surface area (Å²) in [5.74, 6) is 5.90. The van der Waals surface area contributed by atoms with Crippen LogP contribution in [0.25, 0.3) is 22.1 Å². The van der Waals surface area contributed by atoms with Crippen LogP contribution in [-0.4, -0.2) is 30.1 Å². The van der Waals surface area contributed by atoms with Gasteiger partial charge in [0.05, 0.1) is 17.1 Å². The van der Waals surface area contributed by atoms with Gasteiger partial charge in [-0.2, -0.15) is 0 Å². The van der Waals surface area contributed by atoms with E-state index in [1.54, 1.807) is 29.2 Å². The van der Waals surface area contributed by atoms with Crippen molar-refractivity contribution in [3.05, 3.63) is 128 Å². The monoisotopic (exact) mass is 617 g/mol. The molecule has 6 rings (SSSR count). The Morgan fingerprint density at radius 3 is 2.55 bits per heavy atom. The van der Waals surface area contributed by atoms with Gasteiger partial charge >= 0.3 is 0 Å². The molecule has 0 saturated carbocycles. The second kappa shape index (κ2) is 11.0. The fourth-order valence-electron chi connectivity index (χ4n) is 4.91. The van der Waals surface area contributed by atoms with Crippen LogP contribution in [0.3, 0.4) is 0 Å². The van der Waals surface area contributed by atoms with Gasteiger partial charge in [0.2, 0.25) is 0 Å². The topological polar surface area (TPSA) is 120 Å². The van der Waals surface area contributed by atoms with Gasteiger partial charge in [-0.05, 0) is 66.2 Å². The molecule has 0 aliphatic rings. The zero-order valence-corrected chi connectivity index (χ0v) is 24.3. The van der Waals surface area contributed by atoms with Gasteiger partial charge in [0.1, 0.15) is 5.56 Å². The molecule has 1 atom stereocenters. The third-order valence-corrected chi connectivity index (χ3v) is 7.69. The number of carbonyl (C=O) groups is 1. The summed E-state index contributed by atoms with van der Waals surface area (Å²) in [7, 11) is 0. The molecule has 6 aromatic rings. The molecule has 0 spiro atoms. The third kappa shape index (κ3) is 4.80. The largest absolute Gasteiger partial charge is 0.381 e. The van der Waals surface area contributed by atoms with E-state index in [1.165, 1.54) is 4.52 Å². The second-order valence-electron chi connectivity index (χ2n) is 9.68. The standard InChI is InChI=1S/C32H24BrN7O2/c1-19-15-18-39-30(36-19)26(29(34)38-39)31(41)37-20(2)28-27(33)24-10-6-7-22(12-11-21-13-16-35-17-14-21)25(24)32(42)40(28)23-8-4-3-5-9-23/h3-10,13-18,20H,1-2H3,(H2,34,38)(H,37,41). The molecule has 0 aliphatic heterocycles. The Kier molecular flexibility index (Phi) is 7.02. The van der Waals surface area contributed by atoms with E-state index in [4.69, 9.17) is 5.73 Å². The number of benzene rings is 2. The van der Waals surface area contributed by atoms with E-state index >= 15 is 0 Å². The molecule has 3 N–H and O–H groups in total. The number of nitrogens with two attached hydrogens (primary N) is 1. The van der Waals surface area contributed by atoms with Gasteiger partial charge in [-0.15, -0.1) is 5.10 Å². The molecule has 42 heavy (non-hydrogen) atoms. The van der Waals surface area contributed by atoms with Gasteiger partial charge in [0.25, 0.3) is 11.5 Å². The Labute approximate surface area is 249 Å². The van der Waals surface area contributed by atoms with Crippen LogP contribution in [0.2, 0.25) is 0 Å². The molecule has 206 valence electrons. The van der Waals surface area contributed by atoms with Crippen molar-refractivity contribution in [2.24, 2.45) is 0 Å². The molecule has 0 radical (unpaired) electrons. The molecule has 4 heterocycles. The molecule has 2 aromatic carbocycles. The molecule has 0 saturated heterocycles. The Balaban J connectivity index is 1.52. The average Bonchev–Trinajstić information content (AvgIpc) is 3.33. The molecule has 9 nitrogen and oxygen atoms in total. The number of nitrogens with zero attached hydrogens (tertiary/aromatic N) is 5. The lowest BCUT2D eigenvalue weighted by atomic mass is 10.0. The number of nitrogens with one attached hydrogen (secondary N) is 1. The molecular formula is C32H24BrN7O2. The molecule has 1 amide bonds. The van der Waals surface area contributed by atoms with Crippen molar-refractivity contribution in [3.63, 3.8) is 0 Å². The Morgan fingerprint density at radius 1 is 1.02 bits per heavy atom. The highest BCUT2D eigenvalue weighted by atomic mass is 79.9. The smallest absolute Gasteiger partial charge is 0.264 e. The van der Waals surface area contributed by atoms with Gasteiger partial charge in [-0.25, -0.2) is 9.50 Å². The fraction of sp³-hybridized carbons (Fsp3) is 0.0938. The number of amides is 1. The van der Waals surface area contributed by atoms with Gasteiger partial charge in [-0.1, -0.05) is 42.2 Å². The van der Waals surface area contributed by atoms with Crippen LogP contribution in [0, 0.1) is 18.8 Å². The van der Waals surface area contributed by atoms with Crippen LogP contribution in [0.4, 0.5) is 5.82 Å². The van der Waals surface area contributed by atoms with Crippen molar-refractivity contribution in [1.82, 2.24) is 29.5 Å². The number of nitrogen functional groups attached to an aromatic ring is 1. The van der Waals surface area contributed by atoms with Crippen molar-refractivity contribution in [3.8, 4) is 17.5 Å². The Bertz CT molecular complexity index is 2110. The number of carbonyl (C=O) groups excluding carboxylic acids is 1. The lowest BCUT2D eigenvalue weighted by Gasteiger charge is -2.23. The lowest BCUT2D eigenvalue weighted by molar-refractivity contribution is 0.0941. The van der Waals surface area contributed by atoms with Crippen LogP contribution in [0.1, 0.15) is 45.8 Å². The van der Waals surface area contributed by atoms with Crippen LogP contribution < -0.4 is 16.6 Å². The van der Waals surface area contributed by atoms with E-state index in [0.29, 0.717) is 37.8 Å². The average molecular weight is 618 g/mol. The number of anilines is 1. The molecule has 4 aromatic heterocycles. The summed E-state index contributed by atoms with van der Waals surface area (Å²) in [5, 5.41) is 8.39. The van der Waals surface area contributed by atoms with E-state index in [-0.39, 0.29) is 16.9 Å². The van der Waals surface area contributed by atoms with Crippen LogP contribution in [0.15, 0.2) is 94.6 Å². The normalized spacial score (nSPS) is 11.7. The summed E-state index contributed by atoms with van der Waals surface area (Å²) in [6, 6.07) is 19.6. The maximum atomic E-state index is 14.3. The summed E-state index contributed by atoms with van der Waals surface area (Å²) in [6.45, 7) is 3.64. The fourth-order valence-corrected chi connectivity index (χ4v) is 5.76. The minimum absolute atomic E-state index is 0.0632. The molecule has 10 heteroatoms. The first-order valence-corrected chi connectivity index (χ1v) is 13.9. The van der Waals surface area contributed by atoms with E-state index < -0.39 is 11.9 Å². The van der Waals surface area contributed by atoms with Gasteiger partial charge in [0.15, 0.2) is 11.5 Å². The van der Waals surface area contributed by atoms with Crippen molar-refractivity contribution in [1.29, 1.82) is 0 Å². The molecule has 1 unspecified atom stereocenters. The van der Waals surface area contributed by atoms with Crippen LogP contribution >= 0.6 is 15.9 Å². The Morgan fingerprint density at radius 2 is 1.79 bits per heavy atom. The number of fused-ring (bicyclic) bond motifs is 2. The minimum Gasteiger partial charge on any atom is -0.381 e. The van der Waals surface area contributed by atoms with Gasteiger partial charge in [-0.3, -0.25) is 19.1 Å². The second-order valence-corrected chi connectivity index (χ2v) is 10.5.